The van der Waals surface area contributed by atoms with Gasteiger partial charge in [-0.3, -0.25) is 9.78 Å². The molecule has 15 heavy (non-hydrogen) atoms. The molecule has 2 aromatic rings. The summed E-state index contributed by atoms with van der Waals surface area (Å²) in [7, 11) is 0. The summed E-state index contributed by atoms with van der Waals surface area (Å²) in [5.41, 5.74) is 0.639. The number of pyridine rings is 1. The van der Waals surface area contributed by atoms with Crippen molar-refractivity contribution < 1.29 is 9.90 Å². The van der Waals surface area contributed by atoms with Gasteiger partial charge < -0.3 is 5.11 Å². The molecule has 0 spiro atoms. The Balaban J connectivity index is 2.53. The Labute approximate surface area is 85.5 Å². The van der Waals surface area contributed by atoms with Crippen LogP contribution in [-0.4, -0.2) is 26.3 Å². The van der Waals surface area contributed by atoms with Crippen LogP contribution in [0.15, 0.2) is 30.5 Å². The molecule has 5 nitrogen and oxygen atoms in total. The van der Waals surface area contributed by atoms with E-state index in [2.05, 4.69) is 15.0 Å². The smallest absolute Gasteiger partial charge is 0.215 e. The highest BCUT2D eigenvalue weighted by molar-refractivity contribution is 5.73. The van der Waals surface area contributed by atoms with Crippen LogP contribution in [0.3, 0.4) is 0 Å². The minimum atomic E-state index is -0.243. The van der Waals surface area contributed by atoms with Crippen molar-refractivity contribution in [1.29, 1.82) is 0 Å². The average molecular weight is 201 g/mol. The lowest BCUT2D eigenvalue weighted by Gasteiger charge is -1.99. The summed E-state index contributed by atoms with van der Waals surface area (Å²) < 4.78 is 0. The van der Waals surface area contributed by atoms with Crippen molar-refractivity contribution in [3.63, 3.8) is 0 Å². The molecule has 0 aromatic carbocycles. The number of aromatic nitrogens is 3. The summed E-state index contributed by atoms with van der Waals surface area (Å²) >= 11 is 0. The predicted molar refractivity (Wildman–Crippen MR) is 52.3 cm³/mol. The highest BCUT2D eigenvalue weighted by Gasteiger charge is 2.05. The maximum Gasteiger partial charge on any atom is 0.215 e. The van der Waals surface area contributed by atoms with Crippen molar-refractivity contribution in [2.45, 2.75) is 0 Å². The van der Waals surface area contributed by atoms with E-state index in [9.17, 15) is 9.90 Å². The Morgan fingerprint density at radius 2 is 2.13 bits per heavy atom. The van der Waals surface area contributed by atoms with Gasteiger partial charge in [0.05, 0.1) is 0 Å². The number of carbonyl (C=O) groups is 1. The van der Waals surface area contributed by atoms with Crippen LogP contribution in [-0.2, 0) is 0 Å². The van der Waals surface area contributed by atoms with E-state index in [0.717, 1.165) is 0 Å². The summed E-state index contributed by atoms with van der Waals surface area (Å²) in [4.78, 5) is 22.2. The first-order chi connectivity index (χ1) is 7.29. The van der Waals surface area contributed by atoms with Crippen molar-refractivity contribution in [1.82, 2.24) is 15.0 Å². The Bertz CT molecular complexity index is 485. The van der Waals surface area contributed by atoms with Crippen LogP contribution in [0.2, 0.25) is 0 Å². The standard InChI is InChI=1S/C10H7N3O2/c14-6-7-5-9(15)13-10(12-7)8-3-1-2-4-11-8/h1-6H,(H,12,13,15). The quantitative estimate of drug-likeness (QED) is 0.735. The zero-order valence-electron chi connectivity index (χ0n) is 7.66. The molecule has 0 saturated heterocycles. The summed E-state index contributed by atoms with van der Waals surface area (Å²) in [6.45, 7) is 0. The van der Waals surface area contributed by atoms with Gasteiger partial charge in [0.25, 0.3) is 0 Å². The van der Waals surface area contributed by atoms with Crippen molar-refractivity contribution in [3.05, 3.63) is 36.2 Å². The number of nitrogens with zero attached hydrogens (tertiary/aromatic N) is 3. The first kappa shape index (κ1) is 9.26. The predicted octanol–water partition coefficient (Wildman–Crippen LogP) is 1.06. The van der Waals surface area contributed by atoms with E-state index >= 15 is 0 Å². The topological polar surface area (TPSA) is 76.0 Å². The Hall–Kier alpha value is -2.30. The minimum Gasteiger partial charge on any atom is -0.493 e. The maximum atomic E-state index is 10.5. The van der Waals surface area contributed by atoms with E-state index in [-0.39, 0.29) is 17.4 Å². The monoisotopic (exact) mass is 201 g/mol. The third-order valence-corrected chi connectivity index (χ3v) is 1.75. The van der Waals surface area contributed by atoms with Gasteiger partial charge in [-0.05, 0) is 12.1 Å². The molecule has 0 saturated carbocycles. The molecule has 0 aliphatic carbocycles. The summed E-state index contributed by atoms with van der Waals surface area (Å²) in [5.74, 6) is -0.00884. The van der Waals surface area contributed by atoms with Crippen molar-refractivity contribution >= 4 is 6.29 Å². The molecule has 74 valence electrons. The number of hydrogen-bond acceptors (Lipinski definition) is 5. The largest absolute Gasteiger partial charge is 0.493 e. The van der Waals surface area contributed by atoms with Gasteiger partial charge in [-0.15, -0.1) is 0 Å². The summed E-state index contributed by atoms with van der Waals surface area (Å²) in [5, 5.41) is 9.25. The average Bonchev–Trinajstić information content (AvgIpc) is 2.29. The first-order valence-electron chi connectivity index (χ1n) is 4.24. The molecule has 0 unspecified atom stereocenters. The van der Waals surface area contributed by atoms with Crippen LogP contribution in [0, 0.1) is 0 Å². The number of aldehydes is 1. The van der Waals surface area contributed by atoms with Gasteiger partial charge in [0.1, 0.15) is 11.4 Å². The second kappa shape index (κ2) is 3.83. The second-order valence-electron chi connectivity index (χ2n) is 2.81. The molecule has 2 rings (SSSR count). The van der Waals surface area contributed by atoms with Crippen LogP contribution in [0.4, 0.5) is 0 Å². The maximum absolute atomic E-state index is 10.5. The molecule has 0 amide bonds. The van der Waals surface area contributed by atoms with E-state index in [1.54, 1.807) is 24.4 Å². The molecule has 2 heterocycles. The van der Waals surface area contributed by atoms with E-state index in [1.807, 2.05) is 0 Å². The molecule has 0 aliphatic rings. The third-order valence-electron chi connectivity index (χ3n) is 1.75. The fraction of sp³-hybridized carbons (Fsp3) is 0. The molecular formula is C10H7N3O2. The highest BCUT2D eigenvalue weighted by Crippen LogP contribution is 2.14. The lowest BCUT2D eigenvalue weighted by atomic mass is 10.3. The molecule has 5 heteroatoms. The van der Waals surface area contributed by atoms with Gasteiger partial charge in [-0.25, -0.2) is 4.98 Å². The van der Waals surface area contributed by atoms with Crippen LogP contribution in [0.1, 0.15) is 10.5 Å². The first-order valence-corrected chi connectivity index (χ1v) is 4.24. The van der Waals surface area contributed by atoms with Gasteiger partial charge in [0.2, 0.25) is 5.88 Å². The minimum absolute atomic E-state index is 0.128. The second-order valence-corrected chi connectivity index (χ2v) is 2.81. The third kappa shape index (κ3) is 1.96. The SMILES string of the molecule is O=Cc1cc(O)nc(-c2ccccn2)n1. The van der Waals surface area contributed by atoms with E-state index in [4.69, 9.17) is 0 Å². The van der Waals surface area contributed by atoms with Gasteiger partial charge in [0, 0.05) is 12.3 Å². The lowest BCUT2D eigenvalue weighted by Crippen LogP contribution is -1.95. The van der Waals surface area contributed by atoms with Gasteiger partial charge >= 0.3 is 0 Å². The number of hydrogen-bond donors (Lipinski definition) is 1. The Kier molecular flexibility index (Phi) is 2.37. The lowest BCUT2D eigenvalue weighted by molar-refractivity contribution is 0.111. The number of aromatic hydroxyl groups is 1. The normalized spacial score (nSPS) is 9.87. The Morgan fingerprint density at radius 1 is 1.27 bits per heavy atom. The van der Waals surface area contributed by atoms with Crippen molar-refractivity contribution in [3.8, 4) is 17.4 Å². The molecule has 0 fully saturated rings. The number of rotatable bonds is 2. The van der Waals surface area contributed by atoms with Crippen molar-refractivity contribution in [2.24, 2.45) is 0 Å². The van der Waals surface area contributed by atoms with Crippen LogP contribution >= 0.6 is 0 Å². The van der Waals surface area contributed by atoms with E-state index in [1.165, 1.54) is 6.07 Å². The molecular weight excluding hydrogens is 194 g/mol. The molecule has 0 atom stereocenters. The summed E-state index contributed by atoms with van der Waals surface area (Å²) in [6, 6.07) is 6.42. The highest BCUT2D eigenvalue weighted by atomic mass is 16.3. The Morgan fingerprint density at radius 3 is 2.80 bits per heavy atom. The summed E-state index contributed by atoms with van der Waals surface area (Å²) in [6.07, 6.45) is 2.14. The number of carbonyl (C=O) groups excluding carboxylic acids is 1. The molecule has 0 aliphatic heterocycles. The fourth-order valence-electron chi connectivity index (χ4n) is 1.12. The van der Waals surface area contributed by atoms with Crippen LogP contribution in [0.5, 0.6) is 5.88 Å². The van der Waals surface area contributed by atoms with Crippen molar-refractivity contribution in [2.75, 3.05) is 0 Å². The molecule has 0 bridgehead atoms. The van der Waals surface area contributed by atoms with E-state index in [0.29, 0.717) is 12.0 Å². The van der Waals surface area contributed by atoms with Gasteiger partial charge in [0.15, 0.2) is 12.1 Å². The van der Waals surface area contributed by atoms with E-state index < -0.39 is 0 Å². The van der Waals surface area contributed by atoms with Gasteiger partial charge in [-0.2, -0.15) is 4.98 Å². The zero-order chi connectivity index (χ0) is 10.7. The zero-order valence-corrected chi connectivity index (χ0v) is 7.66. The molecule has 1 N–H and O–H groups in total. The molecule has 0 radical (unpaired) electrons. The fourth-order valence-corrected chi connectivity index (χ4v) is 1.12. The molecule has 2 aromatic heterocycles. The van der Waals surface area contributed by atoms with Crippen LogP contribution in [0.25, 0.3) is 11.5 Å². The van der Waals surface area contributed by atoms with Gasteiger partial charge in [-0.1, -0.05) is 6.07 Å². The van der Waals surface area contributed by atoms with Crippen LogP contribution < -0.4 is 0 Å².